The molecule has 0 bridgehead atoms. The van der Waals surface area contributed by atoms with E-state index < -0.39 is 35.4 Å². The van der Waals surface area contributed by atoms with E-state index in [2.05, 4.69) is 20.6 Å². The van der Waals surface area contributed by atoms with Crippen molar-refractivity contribution in [2.75, 3.05) is 11.9 Å². The zero-order valence-electron chi connectivity index (χ0n) is 22.9. The molecule has 0 fully saturated rings. The second-order valence-electron chi connectivity index (χ2n) is 10.6. The summed E-state index contributed by atoms with van der Waals surface area (Å²) in [6.45, 7) is 1.64. The Hall–Kier alpha value is -5.32. The van der Waals surface area contributed by atoms with Gasteiger partial charge in [-0.15, -0.1) is 0 Å². The average Bonchev–Trinajstić information content (AvgIpc) is 3.21. The van der Waals surface area contributed by atoms with Crippen LogP contribution in [0.15, 0.2) is 73.1 Å². The van der Waals surface area contributed by atoms with Crippen LogP contribution in [0.25, 0.3) is 11.3 Å². The molecule has 0 unspecified atom stereocenters. The van der Waals surface area contributed by atoms with Gasteiger partial charge in [-0.3, -0.25) is 24.1 Å². The van der Waals surface area contributed by atoms with Crippen LogP contribution in [0, 0.1) is 11.6 Å². The van der Waals surface area contributed by atoms with Crippen LogP contribution in [0.3, 0.4) is 0 Å². The smallest absolute Gasteiger partial charge is 0.261 e. The number of benzene rings is 3. The van der Waals surface area contributed by atoms with Crippen molar-refractivity contribution in [3.05, 3.63) is 113 Å². The minimum Gasteiger partial charge on any atom is -0.347 e. The van der Waals surface area contributed by atoms with Crippen molar-refractivity contribution in [1.82, 2.24) is 20.2 Å². The summed E-state index contributed by atoms with van der Waals surface area (Å²) >= 11 is 0. The van der Waals surface area contributed by atoms with Gasteiger partial charge in [0.2, 0.25) is 5.91 Å². The summed E-state index contributed by atoms with van der Waals surface area (Å²) in [5.74, 6) is -3.12. The molecule has 0 saturated carbocycles. The maximum atomic E-state index is 15.1. The van der Waals surface area contributed by atoms with Gasteiger partial charge in [0.15, 0.2) is 0 Å². The Kier molecular flexibility index (Phi) is 7.22. The zero-order chi connectivity index (χ0) is 30.2. The lowest BCUT2D eigenvalue weighted by atomic mass is 9.90. The number of imide groups is 1. The van der Waals surface area contributed by atoms with Crippen LogP contribution >= 0.6 is 0 Å². The summed E-state index contributed by atoms with van der Waals surface area (Å²) in [6.07, 6.45) is 1.57. The van der Waals surface area contributed by atoms with Crippen LogP contribution in [0.4, 0.5) is 14.6 Å². The lowest BCUT2D eigenvalue weighted by Crippen LogP contribution is -2.47. The number of carbonyl (C=O) groups excluding carboxylic acids is 4. The summed E-state index contributed by atoms with van der Waals surface area (Å²) in [4.78, 5) is 61.3. The number of halogens is 2. The number of rotatable bonds is 7. The van der Waals surface area contributed by atoms with E-state index in [9.17, 15) is 23.6 Å². The van der Waals surface area contributed by atoms with Crippen LogP contribution in [-0.4, -0.2) is 51.1 Å². The van der Waals surface area contributed by atoms with E-state index >= 15 is 4.39 Å². The van der Waals surface area contributed by atoms with Gasteiger partial charge in [-0.2, -0.15) is 0 Å². The first-order valence-corrected chi connectivity index (χ1v) is 13.6. The fourth-order valence-electron chi connectivity index (χ4n) is 5.60. The van der Waals surface area contributed by atoms with Crippen LogP contribution in [0.1, 0.15) is 61.5 Å². The molecule has 2 aliphatic heterocycles. The number of aromatic nitrogens is 2. The zero-order valence-corrected chi connectivity index (χ0v) is 22.9. The lowest BCUT2D eigenvalue weighted by Gasteiger charge is -2.25. The van der Waals surface area contributed by atoms with Crippen molar-refractivity contribution >= 4 is 29.4 Å². The highest BCUT2D eigenvalue weighted by atomic mass is 19.1. The van der Waals surface area contributed by atoms with E-state index in [-0.39, 0.29) is 47.9 Å². The maximum Gasteiger partial charge on any atom is 0.261 e. The van der Waals surface area contributed by atoms with Crippen molar-refractivity contribution in [3.63, 3.8) is 0 Å². The van der Waals surface area contributed by atoms with Gasteiger partial charge in [-0.1, -0.05) is 31.2 Å². The number of fused-ring (bicyclic) bond motifs is 2. The average molecular weight is 582 g/mol. The molecule has 3 aromatic carbocycles. The summed E-state index contributed by atoms with van der Waals surface area (Å²) in [5, 5.41) is 5.48. The van der Waals surface area contributed by atoms with Gasteiger partial charge < -0.3 is 10.6 Å². The third-order valence-electron chi connectivity index (χ3n) is 7.60. The molecule has 2 N–H and O–H groups in total. The van der Waals surface area contributed by atoms with Gasteiger partial charge in [0, 0.05) is 24.1 Å². The molecule has 4 aromatic rings. The summed E-state index contributed by atoms with van der Waals surface area (Å²) in [5.41, 5.74) is 2.30. The van der Waals surface area contributed by atoms with E-state index in [4.69, 9.17) is 0 Å². The molecular formula is C32H25F2N5O4. The molecule has 9 nitrogen and oxygen atoms in total. The summed E-state index contributed by atoms with van der Waals surface area (Å²) < 4.78 is 29.1. The molecule has 11 heteroatoms. The number of nitrogens with zero attached hydrogens (tertiary/aromatic N) is 3. The number of carbonyl (C=O) groups is 4. The number of anilines is 1. The maximum absolute atomic E-state index is 15.1. The van der Waals surface area contributed by atoms with Crippen LogP contribution in [0.5, 0.6) is 0 Å². The quantitative estimate of drug-likeness (QED) is 0.310. The second kappa shape index (κ2) is 11.2. The molecule has 43 heavy (non-hydrogen) atoms. The van der Waals surface area contributed by atoms with Crippen molar-refractivity contribution in [1.29, 1.82) is 0 Å². The van der Waals surface area contributed by atoms with Gasteiger partial charge in [-0.25, -0.2) is 18.7 Å². The Morgan fingerprint density at radius 1 is 1.00 bits per heavy atom. The minimum absolute atomic E-state index is 0.0643. The topological polar surface area (TPSA) is 121 Å². The molecule has 6 rings (SSSR count). The van der Waals surface area contributed by atoms with Gasteiger partial charge >= 0.3 is 0 Å². The van der Waals surface area contributed by atoms with Gasteiger partial charge in [0.1, 0.15) is 23.8 Å². The van der Waals surface area contributed by atoms with Gasteiger partial charge in [-0.05, 0) is 60.4 Å². The number of nitrogens with one attached hydrogen (secondary N) is 2. The first kappa shape index (κ1) is 27.8. The molecule has 0 saturated heterocycles. The van der Waals surface area contributed by atoms with E-state index in [1.165, 1.54) is 36.7 Å². The van der Waals surface area contributed by atoms with Crippen molar-refractivity contribution in [3.8, 4) is 11.3 Å². The van der Waals surface area contributed by atoms with E-state index in [1.54, 1.807) is 30.3 Å². The highest BCUT2D eigenvalue weighted by Crippen LogP contribution is 2.37. The van der Waals surface area contributed by atoms with Crippen LogP contribution in [0.2, 0.25) is 0 Å². The highest BCUT2D eigenvalue weighted by Gasteiger charge is 2.37. The Morgan fingerprint density at radius 2 is 1.74 bits per heavy atom. The Bertz CT molecular complexity index is 1780. The molecule has 0 aliphatic carbocycles. The highest BCUT2D eigenvalue weighted by molar-refractivity contribution is 6.21. The molecule has 2 atom stereocenters. The third-order valence-corrected chi connectivity index (χ3v) is 7.60. The minimum atomic E-state index is -0.874. The normalized spacial score (nSPS) is 16.4. The standard InChI is InChI=1S/C32H25F2N5O4/c1-17-11-26(40)38-29-27(17)28(35-16-36-29)19-9-10-25(34)24(14-19)30(41)37-21(13-18-5-4-6-20(33)12-18)15-39-31(42)22-7-2-3-8-23(22)32(39)43/h2-10,12,14,16-17,21H,11,13,15H2,1H3,(H,37,41)(H,35,36,38,40)/t17-,21+/m1/s1. The first-order valence-electron chi connectivity index (χ1n) is 13.6. The first-order chi connectivity index (χ1) is 20.7. The number of hydrogen-bond acceptors (Lipinski definition) is 6. The molecule has 1 aromatic heterocycles. The largest absolute Gasteiger partial charge is 0.347 e. The molecule has 4 amide bonds. The molecule has 2 aliphatic rings. The lowest BCUT2D eigenvalue weighted by molar-refractivity contribution is -0.116. The Balaban J connectivity index is 1.31. The van der Waals surface area contributed by atoms with E-state index in [0.29, 0.717) is 28.2 Å². The molecule has 0 radical (unpaired) electrons. The van der Waals surface area contributed by atoms with Crippen molar-refractivity contribution in [2.45, 2.75) is 31.7 Å². The summed E-state index contributed by atoms with van der Waals surface area (Å²) in [6, 6.07) is 15.3. The van der Waals surface area contributed by atoms with Gasteiger partial charge in [0.25, 0.3) is 17.7 Å². The Labute approximate surface area is 245 Å². The van der Waals surface area contributed by atoms with E-state index in [1.807, 2.05) is 6.92 Å². The third kappa shape index (κ3) is 5.36. The van der Waals surface area contributed by atoms with Crippen LogP contribution < -0.4 is 10.6 Å². The van der Waals surface area contributed by atoms with E-state index in [0.717, 1.165) is 11.0 Å². The fourth-order valence-corrected chi connectivity index (χ4v) is 5.60. The summed E-state index contributed by atoms with van der Waals surface area (Å²) in [7, 11) is 0. The number of hydrogen-bond donors (Lipinski definition) is 2. The predicted molar refractivity (Wildman–Crippen MR) is 152 cm³/mol. The Morgan fingerprint density at radius 3 is 2.47 bits per heavy atom. The predicted octanol–water partition coefficient (Wildman–Crippen LogP) is 4.50. The molecular weight excluding hydrogens is 556 g/mol. The van der Waals surface area contributed by atoms with Crippen molar-refractivity contribution < 1.29 is 28.0 Å². The molecule has 0 spiro atoms. The second-order valence-corrected chi connectivity index (χ2v) is 10.6. The monoisotopic (exact) mass is 581 g/mol. The molecule has 3 heterocycles. The molecule has 216 valence electrons. The fraction of sp³-hybridized carbons (Fsp3) is 0.188. The van der Waals surface area contributed by atoms with Crippen LogP contribution in [-0.2, 0) is 11.2 Å². The van der Waals surface area contributed by atoms with Gasteiger partial charge in [0.05, 0.1) is 28.4 Å². The number of amides is 4. The SMILES string of the molecule is C[C@@H]1CC(=O)Nc2ncnc(-c3ccc(F)c(C(=O)N[C@@H](Cc4cccc(F)c4)CN4C(=O)c5ccccc5C4=O)c3)c21. The van der Waals surface area contributed by atoms with Crippen molar-refractivity contribution in [2.24, 2.45) is 0 Å².